The van der Waals surface area contributed by atoms with E-state index in [0.717, 1.165) is 25.7 Å². The number of nitrogens with one attached hydrogen (secondary N) is 1. The third-order valence-corrected chi connectivity index (χ3v) is 5.28. The van der Waals surface area contributed by atoms with Gasteiger partial charge >= 0.3 is 0 Å². The van der Waals surface area contributed by atoms with Crippen LogP contribution in [0, 0.1) is 0 Å². The number of hydrogen-bond donors (Lipinski definition) is 2. The van der Waals surface area contributed by atoms with Gasteiger partial charge in [0.2, 0.25) is 10.0 Å². The molecule has 2 atom stereocenters. The van der Waals surface area contributed by atoms with Crippen molar-refractivity contribution in [1.29, 1.82) is 0 Å². The summed E-state index contributed by atoms with van der Waals surface area (Å²) in [7, 11) is -0.640. The fourth-order valence-electron chi connectivity index (χ4n) is 2.56. The van der Waals surface area contributed by atoms with Crippen LogP contribution in [0.5, 0.6) is 11.5 Å². The SMILES string of the molecule is COc1ccc(S(=O)(=O)N[C@@H]2CCCC[C@H]2N)cc1OC. The quantitative estimate of drug-likeness (QED) is 0.853. The van der Waals surface area contributed by atoms with Crippen molar-refractivity contribution in [2.24, 2.45) is 5.73 Å². The molecule has 0 heterocycles. The molecule has 0 unspecified atom stereocenters. The van der Waals surface area contributed by atoms with E-state index < -0.39 is 10.0 Å². The van der Waals surface area contributed by atoms with Crippen LogP contribution in [0.15, 0.2) is 23.1 Å². The van der Waals surface area contributed by atoms with Crippen LogP contribution >= 0.6 is 0 Å². The molecule has 0 aromatic heterocycles. The highest BCUT2D eigenvalue weighted by Crippen LogP contribution is 2.29. The lowest BCUT2D eigenvalue weighted by Gasteiger charge is -2.29. The number of rotatable bonds is 5. The fraction of sp³-hybridized carbons (Fsp3) is 0.571. The molecule has 0 bridgehead atoms. The van der Waals surface area contributed by atoms with E-state index in [9.17, 15) is 8.42 Å². The summed E-state index contributed by atoms with van der Waals surface area (Å²) in [4.78, 5) is 0.151. The van der Waals surface area contributed by atoms with Crippen LogP contribution in [0.2, 0.25) is 0 Å². The second-order valence-corrected chi connectivity index (χ2v) is 6.91. The van der Waals surface area contributed by atoms with Crippen molar-refractivity contribution in [3.63, 3.8) is 0 Å². The van der Waals surface area contributed by atoms with Gasteiger partial charge in [0.25, 0.3) is 0 Å². The predicted molar refractivity (Wildman–Crippen MR) is 80.1 cm³/mol. The zero-order chi connectivity index (χ0) is 15.5. The zero-order valence-electron chi connectivity index (χ0n) is 12.3. The Balaban J connectivity index is 2.22. The van der Waals surface area contributed by atoms with Crippen LogP contribution in [0.25, 0.3) is 0 Å². The number of ether oxygens (including phenoxy) is 2. The Morgan fingerprint density at radius 3 is 2.43 bits per heavy atom. The van der Waals surface area contributed by atoms with Crippen LogP contribution in [0.1, 0.15) is 25.7 Å². The van der Waals surface area contributed by atoms with Crippen LogP contribution in [0.3, 0.4) is 0 Å². The first-order valence-corrected chi connectivity index (χ1v) is 8.46. The first kappa shape index (κ1) is 16.1. The molecule has 1 fully saturated rings. The van der Waals surface area contributed by atoms with Crippen molar-refractivity contribution < 1.29 is 17.9 Å². The first-order valence-electron chi connectivity index (χ1n) is 6.98. The van der Waals surface area contributed by atoms with E-state index in [1.807, 2.05) is 0 Å². The average molecular weight is 314 g/mol. The molecule has 2 rings (SSSR count). The molecule has 3 N–H and O–H groups in total. The summed E-state index contributed by atoms with van der Waals surface area (Å²) in [6, 6.07) is 4.19. The van der Waals surface area contributed by atoms with E-state index >= 15 is 0 Å². The maximum Gasteiger partial charge on any atom is 0.241 e. The van der Waals surface area contributed by atoms with Gasteiger partial charge in [0.05, 0.1) is 19.1 Å². The summed E-state index contributed by atoms with van der Waals surface area (Å²) >= 11 is 0. The lowest BCUT2D eigenvalue weighted by Crippen LogP contribution is -2.49. The van der Waals surface area contributed by atoms with Crippen LogP contribution in [-0.4, -0.2) is 34.7 Å². The van der Waals surface area contributed by atoms with E-state index in [4.69, 9.17) is 15.2 Å². The van der Waals surface area contributed by atoms with E-state index in [-0.39, 0.29) is 17.0 Å². The molecule has 1 aliphatic carbocycles. The molecule has 21 heavy (non-hydrogen) atoms. The van der Waals surface area contributed by atoms with Gasteiger partial charge < -0.3 is 15.2 Å². The lowest BCUT2D eigenvalue weighted by molar-refractivity contribution is 0.353. The highest BCUT2D eigenvalue weighted by atomic mass is 32.2. The standard InChI is InChI=1S/C14H22N2O4S/c1-19-13-8-7-10(9-14(13)20-2)21(17,18)16-12-6-4-3-5-11(12)15/h7-9,11-12,16H,3-6,15H2,1-2H3/t11-,12-/m1/s1. The van der Waals surface area contributed by atoms with E-state index in [0.29, 0.717) is 11.5 Å². The molecule has 0 aliphatic heterocycles. The molecule has 1 aromatic carbocycles. The maximum absolute atomic E-state index is 12.5. The third-order valence-electron chi connectivity index (χ3n) is 3.79. The van der Waals surface area contributed by atoms with Crippen molar-refractivity contribution in [2.45, 2.75) is 42.7 Å². The van der Waals surface area contributed by atoms with Crippen LogP contribution in [0.4, 0.5) is 0 Å². The molecule has 0 spiro atoms. The molecule has 1 aliphatic rings. The molecule has 7 heteroatoms. The van der Waals surface area contributed by atoms with Crippen LogP contribution in [-0.2, 0) is 10.0 Å². The molecule has 0 radical (unpaired) electrons. The van der Waals surface area contributed by atoms with Gasteiger partial charge in [-0.2, -0.15) is 0 Å². The molecule has 1 aromatic rings. The third kappa shape index (κ3) is 3.66. The van der Waals surface area contributed by atoms with Gasteiger partial charge in [-0.3, -0.25) is 0 Å². The second kappa shape index (κ2) is 6.64. The van der Waals surface area contributed by atoms with E-state index in [1.165, 1.54) is 26.4 Å². The molecule has 0 amide bonds. The highest BCUT2D eigenvalue weighted by Gasteiger charge is 2.27. The summed E-state index contributed by atoms with van der Waals surface area (Å²) < 4.78 is 37.9. The fourth-order valence-corrected chi connectivity index (χ4v) is 3.89. The second-order valence-electron chi connectivity index (χ2n) is 5.19. The van der Waals surface area contributed by atoms with E-state index in [1.54, 1.807) is 6.07 Å². The number of methoxy groups -OCH3 is 2. The Bertz CT molecular complexity index is 589. The summed E-state index contributed by atoms with van der Waals surface area (Å²) in [5.41, 5.74) is 5.99. The number of hydrogen-bond acceptors (Lipinski definition) is 5. The van der Waals surface area contributed by atoms with Gasteiger partial charge in [0.1, 0.15) is 0 Å². The van der Waals surface area contributed by atoms with Crippen molar-refractivity contribution in [3.8, 4) is 11.5 Å². The Kier molecular flexibility index (Phi) is 5.08. The van der Waals surface area contributed by atoms with Gasteiger partial charge in [-0.1, -0.05) is 12.8 Å². The number of nitrogens with two attached hydrogens (primary N) is 1. The number of sulfonamides is 1. The van der Waals surface area contributed by atoms with Crippen LogP contribution < -0.4 is 19.9 Å². The normalized spacial score (nSPS) is 22.8. The summed E-state index contributed by atoms with van der Waals surface area (Å²) in [5.74, 6) is 0.874. The molecular weight excluding hydrogens is 292 g/mol. The van der Waals surface area contributed by atoms with Gasteiger partial charge in [0, 0.05) is 18.2 Å². The maximum atomic E-state index is 12.5. The Morgan fingerprint density at radius 1 is 1.14 bits per heavy atom. The highest BCUT2D eigenvalue weighted by molar-refractivity contribution is 7.89. The zero-order valence-corrected chi connectivity index (χ0v) is 13.2. The van der Waals surface area contributed by atoms with Crippen molar-refractivity contribution >= 4 is 10.0 Å². The van der Waals surface area contributed by atoms with Gasteiger partial charge in [-0.15, -0.1) is 0 Å². The topological polar surface area (TPSA) is 90.7 Å². The minimum Gasteiger partial charge on any atom is -0.493 e. The molecule has 118 valence electrons. The first-order chi connectivity index (χ1) is 9.97. The monoisotopic (exact) mass is 314 g/mol. The molecular formula is C14H22N2O4S. The predicted octanol–water partition coefficient (Wildman–Crippen LogP) is 1.25. The summed E-state index contributed by atoms with van der Waals surface area (Å²) in [5, 5.41) is 0. The molecule has 6 nitrogen and oxygen atoms in total. The largest absolute Gasteiger partial charge is 0.493 e. The summed E-state index contributed by atoms with van der Waals surface area (Å²) in [6.45, 7) is 0. The Labute approximate surface area is 125 Å². The lowest BCUT2D eigenvalue weighted by atomic mass is 9.92. The van der Waals surface area contributed by atoms with Crippen molar-refractivity contribution in [2.75, 3.05) is 14.2 Å². The minimum absolute atomic E-state index is 0.131. The van der Waals surface area contributed by atoms with Crippen molar-refractivity contribution in [3.05, 3.63) is 18.2 Å². The smallest absolute Gasteiger partial charge is 0.241 e. The summed E-state index contributed by atoms with van der Waals surface area (Å²) in [6.07, 6.45) is 3.66. The van der Waals surface area contributed by atoms with Crippen molar-refractivity contribution in [1.82, 2.24) is 4.72 Å². The minimum atomic E-state index is -3.62. The van der Waals surface area contributed by atoms with E-state index in [2.05, 4.69) is 4.72 Å². The number of benzene rings is 1. The van der Waals surface area contributed by atoms with Gasteiger partial charge in [-0.05, 0) is 25.0 Å². The molecule has 1 saturated carbocycles. The van der Waals surface area contributed by atoms with Gasteiger partial charge in [-0.25, -0.2) is 13.1 Å². The Morgan fingerprint density at radius 2 is 1.81 bits per heavy atom. The molecule has 0 saturated heterocycles. The van der Waals surface area contributed by atoms with Gasteiger partial charge in [0.15, 0.2) is 11.5 Å². The Hall–Kier alpha value is -1.31. The average Bonchev–Trinajstić information content (AvgIpc) is 2.48.